The number of methoxy groups -OCH3 is 3. The minimum Gasteiger partial charge on any atom is -0.497 e. The molecule has 286 valence electrons. The molecule has 7 heteroatoms. The van der Waals surface area contributed by atoms with E-state index in [-0.39, 0.29) is 24.0 Å². The van der Waals surface area contributed by atoms with Gasteiger partial charge in [0.2, 0.25) is 11.7 Å². The Morgan fingerprint density at radius 1 is 0.679 bits per heavy atom. The number of carbonyl (C=O) groups excluding carboxylic acids is 2. The topological polar surface area (TPSA) is 83.1 Å². The summed E-state index contributed by atoms with van der Waals surface area (Å²) in [7, 11) is 4.76. The first-order valence-electron chi connectivity index (χ1n) is 19.7. The fourth-order valence-corrected chi connectivity index (χ4v) is 7.06. The van der Waals surface area contributed by atoms with Crippen molar-refractivity contribution in [2.75, 3.05) is 26.6 Å². The number of para-hydroxylation sites is 1. The van der Waals surface area contributed by atoms with Gasteiger partial charge in [0.1, 0.15) is 5.75 Å². The molecule has 0 bridgehead atoms. The number of rotatable bonds is 23. The lowest BCUT2D eigenvalue weighted by Crippen LogP contribution is -2.12. The summed E-state index contributed by atoms with van der Waals surface area (Å²) in [6.07, 6.45) is 20.3. The Balaban J connectivity index is 1.37. The van der Waals surface area contributed by atoms with Crippen molar-refractivity contribution in [1.29, 1.82) is 0 Å². The van der Waals surface area contributed by atoms with Crippen molar-refractivity contribution in [3.8, 4) is 23.0 Å². The van der Waals surface area contributed by atoms with E-state index in [4.69, 9.17) is 18.9 Å². The smallest absolute Gasteiger partial charge is 0.311 e. The molecule has 4 rings (SSSR count). The van der Waals surface area contributed by atoms with Gasteiger partial charge in [0.05, 0.1) is 27.8 Å². The standard InChI is InChI=1S/C46H61NO6/c1-7-8-9-10-11-12-13-14-15-16-17-18-19-20-25-45(49)53-46-42(51-5)29-35(30-43(46)52-6)28-38-34(3)39(40-31-36(50-4)26-27-37(38)40)32-44(48)47-41-24-22-21-23-33(41)2/h21-24,26-31H,7-20,25,32H2,1-6H3,(H,47,48)/b38-28-. The van der Waals surface area contributed by atoms with Crippen molar-refractivity contribution < 1.29 is 28.5 Å². The SMILES string of the molecule is CCCCCCCCCCCCCCCCC(=O)Oc1c(OC)cc(/C=C2/C(C)=C(CC(=O)Nc3ccccc3C)c3cc(OC)ccc32)cc1OC. The van der Waals surface area contributed by atoms with Crippen LogP contribution in [0, 0.1) is 6.92 Å². The Morgan fingerprint density at radius 3 is 1.83 bits per heavy atom. The monoisotopic (exact) mass is 723 g/mol. The number of amides is 1. The van der Waals surface area contributed by atoms with E-state index >= 15 is 0 Å². The number of esters is 1. The highest BCUT2D eigenvalue weighted by Gasteiger charge is 2.27. The molecule has 0 heterocycles. The van der Waals surface area contributed by atoms with Gasteiger partial charge in [0.15, 0.2) is 11.5 Å². The molecule has 0 saturated carbocycles. The zero-order valence-corrected chi connectivity index (χ0v) is 33.0. The number of allylic oxidation sites excluding steroid dienone is 2. The molecule has 3 aromatic carbocycles. The lowest BCUT2D eigenvalue weighted by atomic mass is 10.00. The minimum absolute atomic E-state index is 0.0905. The molecule has 3 aromatic rings. The van der Waals surface area contributed by atoms with Crippen molar-refractivity contribution >= 4 is 34.8 Å². The normalized spacial score (nSPS) is 12.9. The second-order valence-corrected chi connectivity index (χ2v) is 14.2. The van der Waals surface area contributed by atoms with Gasteiger partial charge in [-0.2, -0.15) is 0 Å². The molecule has 53 heavy (non-hydrogen) atoms. The largest absolute Gasteiger partial charge is 0.497 e. The summed E-state index contributed by atoms with van der Waals surface area (Å²) in [6, 6.07) is 17.4. The first-order valence-corrected chi connectivity index (χ1v) is 19.7. The van der Waals surface area contributed by atoms with Gasteiger partial charge in [-0.05, 0) is 95.6 Å². The van der Waals surface area contributed by atoms with Crippen LogP contribution in [0.5, 0.6) is 23.0 Å². The quantitative estimate of drug-likeness (QED) is 0.0596. The molecular formula is C46H61NO6. The van der Waals surface area contributed by atoms with Crippen molar-refractivity contribution in [2.24, 2.45) is 0 Å². The van der Waals surface area contributed by atoms with Crippen LogP contribution in [0.3, 0.4) is 0 Å². The lowest BCUT2D eigenvalue weighted by molar-refractivity contribution is -0.134. The summed E-state index contributed by atoms with van der Waals surface area (Å²) in [5.41, 5.74) is 7.49. The van der Waals surface area contributed by atoms with E-state index in [2.05, 4.69) is 18.3 Å². The average Bonchev–Trinajstić information content (AvgIpc) is 3.41. The second-order valence-electron chi connectivity index (χ2n) is 14.2. The van der Waals surface area contributed by atoms with Crippen LogP contribution in [0.2, 0.25) is 0 Å². The van der Waals surface area contributed by atoms with Gasteiger partial charge in [0.25, 0.3) is 0 Å². The molecule has 1 aliphatic carbocycles. The van der Waals surface area contributed by atoms with Crippen molar-refractivity contribution in [3.63, 3.8) is 0 Å². The molecule has 0 aromatic heterocycles. The van der Waals surface area contributed by atoms with Crippen LogP contribution in [0.4, 0.5) is 5.69 Å². The molecule has 0 radical (unpaired) electrons. The Bertz CT molecular complexity index is 1700. The van der Waals surface area contributed by atoms with Crippen LogP contribution >= 0.6 is 0 Å². The number of nitrogens with one attached hydrogen (secondary N) is 1. The third kappa shape index (κ3) is 12.3. The summed E-state index contributed by atoms with van der Waals surface area (Å²) in [6.45, 7) is 6.28. The van der Waals surface area contributed by atoms with E-state index < -0.39 is 0 Å². The number of hydrogen-bond acceptors (Lipinski definition) is 6. The van der Waals surface area contributed by atoms with E-state index in [0.29, 0.717) is 17.9 Å². The number of unbranched alkanes of at least 4 members (excludes halogenated alkanes) is 13. The molecular weight excluding hydrogens is 663 g/mol. The molecule has 0 atom stereocenters. The molecule has 0 fully saturated rings. The summed E-state index contributed by atoms with van der Waals surface area (Å²) in [5.74, 6) is 1.45. The number of fused-ring (bicyclic) bond motifs is 1. The van der Waals surface area contributed by atoms with E-state index in [1.54, 1.807) is 21.3 Å². The van der Waals surface area contributed by atoms with Gasteiger partial charge >= 0.3 is 5.97 Å². The molecule has 0 unspecified atom stereocenters. The number of carbonyl (C=O) groups is 2. The van der Waals surface area contributed by atoms with Gasteiger partial charge in [0, 0.05) is 12.1 Å². The number of anilines is 1. The average molecular weight is 724 g/mol. The van der Waals surface area contributed by atoms with Gasteiger partial charge in [-0.25, -0.2) is 0 Å². The summed E-state index contributed by atoms with van der Waals surface area (Å²) in [5, 5.41) is 3.07. The molecule has 7 nitrogen and oxygen atoms in total. The van der Waals surface area contributed by atoms with Gasteiger partial charge < -0.3 is 24.3 Å². The highest BCUT2D eigenvalue weighted by Crippen LogP contribution is 2.46. The number of ether oxygens (including phenoxy) is 4. The maximum atomic E-state index is 13.3. The summed E-state index contributed by atoms with van der Waals surface area (Å²) in [4.78, 5) is 26.2. The Kier molecular flexibility index (Phi) is 17.0. The van der Waals surface area contributed by atoms with Crippen LogP contribution in [0.25, 0.3) is 17.2 Å². The number of benzene rings is 3. The van der Waals surface area contributed by atoms with Crippen LogP contribution in [-0.4, -0.2) is 33.2 Å². The van der Waals surface area contributed by atoms with Crippen LogP contribution in [0.1, 0.15) is 139 Å². The van der Waals surface area contributed by atoms with E-state index in [1.807, 2.05) is 68.4 Å². The predicted octanol–water partition coefficient (Wildman–Crippen LogP) is 12.2. The zero-order valence-electron chi connectivity index (χ0n) is 33.0. The predicted molar refractivity (Wildman–Crippen MR) is 218 cm³/mol. The summed E-state index contributed by atoms with van der Waals surface area (Å²) >= 11 is 0. The zero-order chi connectivity index (χ0) is 38.0. The van der Waals surface area contributed by atoms with E-state index in [9.17, 15) is 9.59 Å². The highest BCUT2D eigenvalue weighted by atomic mass is 16.6. The molecule has 1 aliphatic rings. The number of aryl methyl sites for hydroxylation is 1. The molecule has 0 saturated heterocycles. The molecule has 1 N–H and O–H groups in total. The van der Waals surface area contributed by atoms with Crippen molar-refractivity contribution in [2.45, 2.75) is 124 Å². The maximum Gasteiger partial charge on any atom is 0.311 e. The lowest BCUT2D eigenvalue weighted by Gasteiger charge is -2.15. The molecule has 0 spiro atoms. The first-order chi connectivity index (χ1) is 25.8. The third-order valence-electron chi connectivity index (χ3n) is 10.2. The van der Waals surface area contributed by atoms with Crippen molar-refractivity contribution in [1.82, 2.24) is 0 Å². The van der Waals surface area contributed by atoms with Crippen LogP contribution in [-0.2, 0) is 9.59 Å². The highest BCUT2D eigenvalue weighted by molar-refractivity contribution is 6.10. The van der Waals surface area contributed by atoms with Gasteiger partial charge in [-0.1, -0.05) is 115 Å². The fourth-order valence-electron chi connectivity index (χ4n) is 7.06. The first kappa shape index (κ1) is 41.2. The fraction of sp³-hybridized carbons (Fsp3) is 0.478. The third-order valence-corrected chi connectivity index (χ3v) is 10.2. The Morgan fingerprint density at radius 2 is 1.26 bits per heavy atom. The Labute approximate surface area is 318 Å². The maximum absolute atomic E-state index is 13.3. The van der Waals surface area contributed by atoms with E-state index in [1.165, 1.54) is 70.6 Å². The van der Waals surface area contributed by atoms with Gasteiger partial charge in [-0.3, -0.25) is 9.59 Å². The molecule has 1 amide bonds. The second kappa shape index (κ2) is 21.9. The van der Waals surface area contributed by atoms with Crippen LogP contribution < -0.4 is 24.3 Å². The summed E-state index contributed by atoms with van der Waals surface area (Å²) < 4.78 is 22.8. The van der Waals surface area contributed by atoms with Crippen molar-refractivity contribution in [3.05, 3.63) is 82.4 Å². The van der Waals surface area contributed by atoms with E-state index in [0.717, 1.165) is 69.7 Å². The number of hydrogen-bond donors (Lipinski definition) is 1. The minimum atomic E-state index is -0.294. The van der Waals surface area contributed by atoms with Gasteiger partial charge in [-0.15, -0.1) is 0 Å². The Hall–Kier alpha value is -4.52. The van der Waals surface area contributed by atoms with Crippen LogP contribution in [0.15, 0.2) is 60.2 Å². The molecule has 0 aliphatic heterocycles.